The number of nitrogens with one attached hydrogen (secondary N) is 1. The summed E-state index contributed by atoms with van der Waals surface area (Å²) >= 11 is 0. The quantitative estimate of drug-likeness (QED) is 0.770. The second-order valence-corrected chi connectivity index (χ2v) is 3.99. The van der Waals surface area contributed by atoms with E-state index in [0.29, 0.717) is 0 Å². The van der Waals surface area contributed by atoms with Crippen molar-refractivity contribution in [1.29, 1.82) is 0 Å². The normalized spacial score (nSPS) is 17.1. The summed E-state index contributed by atoms with van der Waals surface area (Å²) in [6, 6.07) is 1.83. The van der Waals surface area contributed by atoms with Crippen LogP contribution in [0.5, 0.6) is 0 Å². The summed E-state index contributed by atoms with van der Waals surface area (Å²) in [4.78, 5) is 4.05. The summed E-state index contributed by atoms with van der Waals surface area (Å²) in [7, 11) is 0. The van der Waals surface area contributed by atoms with Gasteiger partial charge < -0.3 is 11.1 Å². The van der Waals surface area contributed by atoms with Crippen LogP contribution in [-0.2, 0) is 0 Å². The van der Waals surface area contributed by atoms with Crippen LogP contribution in [0.1, 0.15) is 25.7 Å². The molecule has 0 unspecified atom stereocenters. The van der Waals surface area contributed by atoms with E-state index < -0.39 is 0 Å². The van der Waals surface area contributed by atoms with Gasteiger partial charge in [0.15, 0.2) is 0 Å². The fourth-order valence-corrected chi connectivity index (χ4v) is 2.02. The minimum absolute atomic E-state index is 0.790. The van der Waals surface area contributed by atoms with Gasteiger partial charge in [0.1, 0.15) is 0 Å². The Labute approximate surface area is 84.7 Å². The maximum atomic E-state index is 5.80. The summed E-state index contributed by atoms with van der Waals surface area (Å²) in [5, 5.41) is 3.37. The zero-order chi connectivity index (χ0) is 9.80. The average Bonchev–Trinajstić information content (AvgIpc) is 2.69. The molecule has 3 N–H and O–H groups in total. The van der Waals surface area contributed by atoms with Gasteiger partial charge in [-0.15, -0.1) is 0 Å². The van der Waals surface area contributed by atoms with Gasteiger partial charge in [-0.3, -0.25) is 4.98 Å². The lowest BCUT2D eigenvalue weighted by atomic mass is 10.1. The van der Waals surface area contributed by atoms with E-state index in [1.807, 2.05) is 6.07 Å². The van der Waals surface area contributed by atoms with Gasteiger partial charge in [0.25, 0.3) is 0 Å². The summed E-state index contributed by atoms with van der Waals surface area (Å²) in [6.45, 7) is 1.04. The van der Waals surface area contributed by atoms with Crippen molar-refractivity contribution in [2.24, 2.45) is 5.92 Å². The number of anilines is 2. The van der Waals surface area contributed by atoms with Gasteiger partial charge in [-0.25, -0.2) is 0 Å². The molecule has 1 aliphatic carbocycles. The highest BCUT2D eigenvalue weighted by atomic mass is 14.9. The maximum Gasteiger partial charge on any atom is 0.0760 e. The number of pyridine rings is 1. The van der Waals surface area contributed by atoms with Crippen LogP contribution in [0.3, 0.4) is 0 Å². The van der Waals surface area contributed by atoms with Crippen molar-refractivity contribution in [3.63, 3.8) is 0 Å². The zero-order valence-corrected chi connectivity index (χ0v) is 8.37. The molecule has 0 radical (unpaired) electrons. The summed E-state index contributed by atoms with van der Waals surface area (Å²) in [6.07, 6.45) is 8.99. The van der Waals surface area contributed by atoms with Gasteiger partial charge in [-0.2, -0.15) is 0 Å². The van der Waals surface area contributed by atoms with E-state index in [-0.39, 0.29) is 0 Å². The van der Waals surface area contributed by atoms with E-state index in [1.54, 1.807) is 12.4 Å². The van der Waals surface area contributed by atoms with Crippen molar-refractivity contribution in [3.05, 3.63) is 18.5 Å². The molecule has 1 aromatic heterocycles. The third-order valence-electron chi connectivity index (χ3n) is 2.91. The largest absolute Gasteiger partial charge is 0.397 e. The van der Waals surface area contributed by atoms with Gasteiger partial charge >= 0.3 is 0 Å². The second-order valence-electron chi connectivity index (χ2n) is 3.99. The third-order valence-corrected chi connectivity index (χ3v) is 2.91. The highest BCUT2D eigenvalue weighted by Crippen LogP contribution is 2.25. The average molecular weight is 191 g/mol. The molecule has 3 heteroatoms. The molecule has 3 nitrogen and oxygen atoms in total. The molecule has 1 heterocycles. The molecule has 0 aromatic carbocycles. The van der Waals surface area contributed by atoms with Crippen molar-refractivity contribution in [3.8, 4) is 0 Å². The van der Waals surface area contributed by atoms with Crippen LogP contribution in [0.25, 0.3) is 0 Å². The van der Waals surface area contributed by atoms with E-state index in [1.165, 1.54) is 25.7 Å². The Balaban J connectivity index is 1.88. The van der Waals surface area contributed by atoms with Crippen LogP contribution in [0, 0.1) is 5.92 Å². The lowest BCUT2D eigenvalue weighted by Gasteiger charge is -2.12. The molecule has 0 saturated heterocycles. The molecule has 1 aliphatic rings. The number of nitrogens with two attached hydrogens (primary N) is 1. The summed E-state index contributed by atoms with van der Waals surface area (Å²) in [5.74, 6) is 0.828. The van der Waals surface area contributed by atoms with Gasteiger partial charge in [-0.05, 0) is 24.8 Å². The lowest BCUT2D eigenvalue weighted by Crippen LogP contribution is -2.12. The van der Waals surface area contributed by atoms with Gasteiger partial charge in [-0.1, -0.05) is 12.8 Å². The fraction of sp³-hybridized carbons (Fsp3) is 0.545. The summed E-state index contributed by atoms with van der Waals surface area (Å²) < 4.78 is 0. The summed E-state index contributed by atoms with van der Waals surface area (Å²) in [5.41, 5.74) is 7.56. The van der Waals surface area contributed by atoms with Crippen LogP contribution in [0.4, 0.5) is 11.4 Å². The zero-order valence-electron chi connectivity index (χ0n) is 8.37. The smallest absolute Gasteiger partial charge is 0.0760 e. The molecule has 0 amide bonds. The van der Waals surface area contributed by atoms with Crippen molar-refractivity contribution in [1.82, 2.24) is 4.98 Å². The Bertz CT molecular complexity index is 292. The van der Waals surface area contributed by atoms with Crippen LogP contribution in [0.15, 0.2) is 18.5 Å². The molecule has 76 valence electrons. The van der Waals surface area contributed by atoms with Crippen molar-refractivity contribution >= 4 is 11.4 Å². The van der Waals surface area contributed by atoms with Crippen molar-refractivity contribution in [2.45, 2.75) is 25.7 Å². The molecule has 14 heavy (non-hydrogen) atoms. The highest BCUT2D eigenvalue weighted by molar-refractivity contribution is 5.63. The standard InChI is InChI=1S/C11H17N3/c12-10-5-6-13-8-11(10)14-7-9-3-1-2-4-9/h5-6,8-9,14H,1-4,7H2,(H2,12,13). The molecule has 0 bridgehead atoms. The van der Waals surface area contributed by atoms with Crippen LogP contribution >= 0.6 is 0 Å². The van der Waals surface area contributed by atoms with E-state index in [2.05, 4.69) is 10.3 Å². The van der Waals surface area contributed by atoms with Gasteiger partial charge in [0.05, 0.1) is 17.6 Å². The van der Waals surface area contributed by atoms with E-state index >= 15 is 0 Å². The lowest BCUT2D eigenvalue weighted by molar-refractivity contribution is 0.580. The molecular formula is C11H17N3. The Morgan fingerprint density at radius 2 is 2.21 bits per heavy atom. The Morgan fingerprint density at radius 1 is 1.43 bits per heavy atom. The molecule has 1 aromatic rings. The molecule has 0 spiro atoms. The number of aromatic nitrogens is 1. The minimum Gasteiger partial charge on any atom is -0.397 e. The predicted molar refractivity (Wildman–Crippen MR) is 59.1 cm³/mol. The van der Waals surface area contributed by atoms with E-state index in [4.69, 9.17) is 5.73 Å². The van der Waals surface area contributed by atoms with Crippen LogP contribution in [0.2, 0.25) is 0 Å². The van der Waals surface area contributed by atoms with Crippen LogP contribution in [-0.4, -0.2) is 11.5 Å². The number of hydrogen-bond acceptors (Lipinski definition) is 3. The minimum atomic E-state index is 0.790. The van der Waals surface area contributed by atoms with Gasteiger partial charge in [0, 0.05) is 12.7 Å². The van der Waals surface area contributed by atoms with Crippen molar-refractivity contribution in [2.75, 3.05) is 17.6 Å². The number of nitrogen functional groups attached to an aromatic ring is 1. The first kappa shape index (κ1) is 9.31. The van der Waals surface area contributed by atoms with Crippen LogP contribution < -0.4 is 11.1 Å². The van der Waals surface area contributed by atoms with Gasteiger partial charge in [0.2, 0.25) is 0 Å². The predicted octanol–water partition coefficient (Wildman–Crippen LogP) is 2.27. The Morgan fingerprint density at radius 3 is 2.93 bits per heavy atom. The molecule has 0 atom stereocenters. The second kappa shape index (κ2) is 4.31. The fourth-order valence-electron chi connectivity index (χ4n) is 2.02. The Hall–Kier alpha value is -1.25. The molecule has 1 fully saturated rings. The molecule has 2 rings (SSSR count). The third kappa shape index (κ3) is 2.16. The number of nitrogens with zero attached hydrogens (tertiary/aromatic N) is 1. The first-order valence-corrected chi connectivity index (χ1v) is 5.29. The van der Waals surface area contributed by atoms with E-state index in [9.17, 15) is 0 Å². The van der Waals surface area contributed by atoms with E-state index in [0.717, 1.165) is 23.8 Å². The SMILES string of the molecule is Nc1ccncc1NCC1CCCC1. The first-order valence-electron chi connectivity index (χ1n) is 5.29. The highest BCUT2D eigenvalue weighted by Gasteiger charge is 2.14. The molecule has 1 saturated carbocycles. The molecular weight excluding hydrogens is 174 g/mol. The maximum absolute atomic E-state index is 5.80. The topological polar surface area (TPSA) is 50.9 Å². The number of rotatable bonds is 3. The monoisotopic (exact) mass is 191 g/mol. The number of hydrogen-bond donors (Lipinski definition) is 2. The Kier molecular flexibility index (Phi) is 2.87. The van der Waals surface area contributed by atoms with Crippen molar-refractivity contribution < 1.29 is 0 Å². The first-order chi connectivity index (χ1) is 6.86. The molecule has 0 aliphatic heterocycles.